The number of hydrogen-bond donors (Lipinski definition) is 0. The summed E-state index contributed by atoms with van der Waals surface area (Å²) in [6.45, 7) is 4.71. The van der Waals surface area contributed by atoms with Crippen LogP contribution in [0.4, 0.5) is 17.1 Å². The van der Waals surface area contributed by atoms with Gasteiger partial charge in [-0.05, 0) is 93.0 Å². The van der Waals surface area contributed by atoms with Gasteiger partial charge in [-0.3, -0.25) is 0 Å². The Labute approximate surface area is 302 Å². The van der Waals surface area contributed by atoms with Crippen molar-refractivity contribution in [2.45, 2.75) is 29.8 Å². The maximum absolute atomic E-state index is 6.61. The van der Waals surface area contributed by atoms with Crippen LogP contribution in [-0.2, 0) is 5.41 Å². The third-order valence-corrected chi connectivity index (χ3v) is 12.8. The molecular formula is C47H33NO2S. The first kappa shape index (κ1) is 29.1. The second-order valence-corrected chi connectivity index (χ2v) is 15.6. The molecule has 11 rings (SSSR count). The van der Waals surface area contributed by atoms with Crippen LogP contribution in [0.5, 0.6) is 23.0 Å². The lowest BCUT2D eigenvalue weighted by molar-refractivity contribution is 0.356. The number of benzene rings is 7. The summed E-state index contributed by atoms with van der Waals surface area (Å²) in [5.74, 6) is 3.18. The fraction of sp³-hybridized carbons (Fsp3) is 0.106. The maximum atomic E-state index is 6.61. The van der Waals surface area contributed by atoms with E-state index >= 15 is 0 Å². The van der Waals surface area contributed by atoms with Gasteiger partial charge >= 0.3 is 0 Å². The summed E-state index contributed by atoms with van der Waals surface area (Å²) in [5, 5.41) is 0.424. The normalized spacial score (nSPS) is 17.6. The predicted octanol–water partition coefficient (Wildman–Crippen LogP) is 13.3. The number of nitrogens with zero attached hydrogens (tertiary/aromatic N) is 1. The highest BCUT2D eigenvalue weighted by atomic mass is 32.2. The molecule has 0 saturated heterocycles. The minimum Gasteiger partial charge on any atom is -0.450 e. The molecule has 0 saturated carbocycles. The first-order chi connectivity index (χ1) is 25.0. The molecule has 51 heavy (non-hydrogen) atoms. The number of fused-ring (bicyclic) bond motifs is 14. The van der Waals surface area contributed by atoms with Crippen LogP contribution in [0.3, 0.4) is 0 Å². The summed E-state index contributed by atoms with van der Waals surface area (Å²) in [4.78, 5) is 2.47. The zero-order chi connectivity index (χ0) is 33.8. The summed E-state index contributed by atoms with van der Waals surface area (Å²) in [6.07, 6.45) is 0. The largest absolute Gasteiger partial charge is 0.450 e. The summed E-state index contributed by atoms with van der Waals surface area (Å²) < 4.78 is 13.0. The Morgan fingerprint density at radius 1 is 0.510 bits per heavy atom. The molecule has 4 aliphatic rings. The van der Waals surface area contributed by atoms with Gasteiger partial charge in [-0.15, -0.1) is 11.8 Å². The van der Waals surface area contributed by atoms with E-state index in [9.17, 15) is 0 Å². The van der Waals surface area contributed by atoms with E-state index in [1.807, 2.05) is 36.0 Å². The van der Waals surface area contributed by atoms with Crippen molar-refractivity contribution in [2.75, 3.05) is 4.90 Å². The second kappa shape index (κ2) is 10.6. The van der Waals surface area contributed by atoms with Crippen molar-refractivity contribution in [3.05, 3.63) is 185 Å². The molecule has 0 N–H and O–H groups in total. The molecule has 2 atom stereocenters. The van der Waals surface area contributed by atoms with Crippen LogP contribution in [0.15, 0.2) is 152 Å². The average molecular weight is 676 g/mol. The van der Waals surface area contributed by atoms with Crippen molar-refractivity contribution in [3.63, 3.8) is 0 Å². The molecule has 0 spiro atoms. The van der Waals surface area contributed by atoms with Gasteiger partial charge in [-0.2, -0.15) is 0 Å². The third-order valence-electron chi connectivity index (χ3n) is 11.2. The number of hydrogen-bond acceptors (Lipinski definition) is 4. The Morgan fingerprint density at radius 2 is 1.18 bits per heavy atom. The Balaban J connectivity index is 1.08. The zero-order valence-corrected chi connectivity index (χ0v) is 29.1. The molecule has 3 nitrogen and oxygen atoms in total. The number of para-hydroxylation sites is 3. The zero-order valence-electron chi connectivity index (χ0n) is 28.3. The summed E-state index contributed by atoms with van der Waals surface area (Å²) in [7, 11) is 0. The number of thioether (sulfide) groups is 1. The molecule has 7 aromatic rings. The van der Waals surface area contributed by atoms with Crippen molar-refractivity contribution in [1.29, 1.82) is 0 Å². The standard InChI is InChI=1S/C47H33NO2S/c1-47(2)37-16-8-6-15-32(37)33-22-20-30(27-38(33)47)48(39-17-9-7-14-31(39)28-12-4-3-5-13-28)29-21-23-34-36(26-29)46-43-35(45(34)51-46)24-25-42-44(43)50-41-19-11-10-18-40(41)49-42/h3-27,45-46H,1-2H3. The lowest BCUT2D eigenvalue weighted by atomic mass is 9.82. The first-order valence-electron chi connectivity index (χ1n) is 17.6. The van der Waals surface area contributed by atoms with Crippen molar-refractivity contribution < 1.29 is 9.47 Å². The molecule has 0 aromatic heterocycles. The van der Waals surface area contributed by atoms with Crippen molar-refractivity contribution in [1.82, 2.24) is 0 Å². The highest BCUT2D eigenvalue weighted by molar-refractivity contribution is 8.00. The fourth-order valence-electron chi connectivity index (χ4n) is 8.83. The summed E-state index contributed by atoms with van der Waals surface area (Å²) in [6, 6.07) is 54.9. The second-order valence-electron chi connectivity index (χ2n) is 14.4. The molecule has 4 heteroatoms. The Bertz CT molecular complexity index is 2570. The lowest BCUT2D eigenvalue weighted by Crippen LogP contribution is -2.17. The number of ether oxygens (including phenoxy) is 2. The van der Waals surface area contributed by atoms with E-state index in [0.717, 1.165) is 40.1 Å². The van der Waals surface area contributed by atoms with Gasteiger partial charge in [0.15, 0.2) is 23.0 Å². The lowest BCUT2D eigenvalue weighted by Gasteiger charge is -2.31. The summed E-state index contributed by atoms with van der Waals surface area (Å²) >= 11 is 2.01. The van der Waals surface area contributed by atoms with Crippen LogP contribution in [0.25, 0.3) is 22.3 Å². The Morgan fingerprint density at radius 3 is 2.04 bits per heavy atom. The Kier molecular flexibility index (Phi) is 6.07. The minimum atomic E-state index is -0.107. The molecule has 3 aliphatic heterocycles. The van der Waals surface area contributed by atoms with E-state index in [-0.39, 0.29) is 15.9 Å². The molecule has 244 valence electrons. The van der Waals surface area contributed by atoms with Gasteiger partial charge in [-0.25, -0.2) is 0 Å². The minimum absolute atomic E-state index is 0.107. The van der Waals surface area contributed by atoms with Crippen molar-refractivity contribution in [3.8, 4) is 45.3 Å². The highest BCUT2D eigenvalue weighted by Gasteiger charge is 2.46. The average Bonchev–Trinajstić information content (AvgIpc) is 3.82. The van der Waals surface area contributed by atoms with Gasteiger partial charge in [0.25, 0.3) is 0 Å². The Hall–Kier alpha value is -5.71. The maximum Gasteiger partial charge on any atom is 0.175 e. The molecule has 0 amide bonds. The smallest absolute Gasteiger partial charge is 0.175 e. The van der Waals surface area contributed by atoms with E-state index in [0.29, 0.717) is 0 Å². The molecule has 2 unspecified atom stereocenters. The van der Waals surface area contributed by atoms with E-state index in [2.05, 4.69) is 146 Å². The number of anilines is 3. The third kappa shape index (κ3) is 4.14. The molecule has 3 heterocycles. The quantitative estimate of drug-likeness (QED) is 0.185. The monoisotopic (exact) mass is 675 g/mol. The highest BCUT2D eigenvalue weighted by Crippen LogP contribution is 2.68. The van der Waals surface area contributed by atoms with Crippen molar-refractivity contribution in [2.24, 2.45) is 0 Å². The van der Waals surface area contributed by atoms with Gasteiger partial charge in [0.05, 0.1) is 16.2 Å². The van der Waals surface area contributed by atoms with Crippen LogP contribution in [-0.4, -0.2) is 0 Å². The van der Waals surface area contributed by atoms with Gasteiger partial charge < -0.3 is 14.4 Å². The van der Waals surface area contributed by atoms with E-state index in [1.54, 1.807) is 0 Å². The van der Waals surface area contributed by atoms with Crippen LogP contribution < -0.4 is 14.4 Å². The molecule has 7 aromatic carbocycles. The van der Waals surface area contributed by atoms with E-state index in [4.69, 9.17) is 9.47 Å². The SMILES string of the molecule is CC1(C)c2ccccc2-c2ccc(N(c3ccc4c(c3)C3SC4c4ccc5c(c43)Oc3ccccc3O5)c3ccccc3-c3ccccc3)cc21. The van der Waals surface area contributed by atoms with Crippen LogP contribution in [0.2, 0.25) is 0 Å². The van der Waals surface area contributed by atoms with Crippen LogP contribution >= 0.6 is 11.8 Å². The first-order valence-corrected chi connectivity index (χ1v) is 18.6. The van der Waals surface area contributed by atoms with Gasteiger partial charge in [0.1, 0.15) is 0 Å². The summed E-state index contributed by atoms with van der Waals surface area (Å²) in [5.41, 5.74) is 16.4. The van der Waals surface area contributed by atoms with Gasteiger partial charge in [0.2, 0.25) is 0 Å². The van der Waals surface area contributed by atoms with E-state index < -0.39 is 0 Å². The van der Waals surface area contributed by atoms with Crippen molar-refractivity contribution >= 4 is 28.8 Å². The number of rotatable bonds is 4. The molecule has 0 radical (unpaired) electrons. The topological polar surface area (TPSA) is 21.7 Å². The van der Waals surface area contributed by atoms with Gasteiger partial charge in [-0.1, -0.05) is 117 Å². The molecule has 0 fully saturated rings. The van der Waals surface area contributed by atoms with E-state index in [1.165, 1.54) is 55.6 Å². The van der Waals surface area contributed by atoms with Crippen LogP contribution in [0.1, 0.15) is 57.7 Å². The fourth-order valence-corrected chi connectivity index (χ4v) is 10.5. The van der Waals surface area contributed by atoms with Gasteiger partial charge in [0, 0.05) is 27.9 Å². The van der Waals surface area contributed by atoms with Crippen LogP contribution in [0, 0.1) is 0 Å². The predicted molar refractivity (Wildman–Crippen MR) is 208 cm³/mol. The molecule has 1 aliphatic carbocycles. The molecular weight excluding hydrogens is 643 g/mol. The molecule has 2 bridgehead atoms.